The first kappa shape index (κ1) is 18.4. The number of rotatable bonds is 7. The minimum Gasteiger partial charge on any atom is -0.494 e. The molecular weight excluding hydrogens is 350 g/mol. The monoisotopic (exact) mass is 373 g/mol. The standard InChI is InChI=1S/C18H23N5O2S/c1-3-22(14-9-5-4-6-10-14)17(24)13-26-18-19-20-21-23(18)15-11-7-8-12-16(15)25-2/h7-9,11-12H,3-6,10,13H2,1-2H3. The quantitative estimate of drug-likeness (QED) is 0.695. The predicted octanol–water partition coefficient (Wildman–Crippen LogP) is 3.07. The van der Waals surface area contributed by atoms with Crippen molar-refractivity contribution < 1.29 is 9.53 Å². The van der Waals surface area contributed by atoms with Crippen LogP contribution in [0.2, 0.25) is 0 Å². The van der Waals surface area contributed by atoms with Crippen LogP contribution in [-0.4, -0.2) is 50.4 Å². The number of amides is 1. The summed E-state index contributed by atoms with van der Waals surface area (Å²) in [7, 11) is 1.61. The summed E-state index contributed by atoms with van der Waals surface area (Å²) in [6.07, 6.45) is 6.57. The highest BCUT2D eigenvalue weighted by Crippen LogP contribution is 2.26. The van der Waals surface area contributed by atoms with Gasteiger partial charge in [0.1, 0.15) is 11.4 Å². The van der Waals surface area contributed by atoms with Gasteiger partial charge in [0.25, 0.3) is 0 Å². The van der Waals surface area contributed by atoms with E-state index in [4.69, 9.17) is 4.74 Å². The molecule has 138 valence electrons. The topological polar surface area (TPSA) is 73.1 Å². The smallest absolute Gasteiger partial charge is 0.237 e. The van der Waals surface area contributed by atoms with E-state index in [9.17, 15) is 4.79 Å². The Balaban J connectivity index is 1.71. The number of para-hydroxylation sites is 2. The van der Waals surface area contributed by atoms with E-state index in [2.05, 4.69) is 21.6 Å². The fourth-order valence-corrected chi connectivity index (χ4v) is 3.79. The molecule has 0 unspecified atom stereocenters. The van der Waals surface area contributed by atoms with Crippen molar-refractivity contribution in [1.29, 1.82) is 0 Å². The van der Waals surface area contributed by atoms with Gasteiger partial charge in [-0.25, -0.2) is 0 Å². The maximum atomic E-state index is 12.7. The van der Waals surface area contributed by atoms with Crippen LogP contribution in [0.3, 0.4) is 0 Å². The van der Waals surface area contributed by atoms with Gasteiger partial charge in [-0.15, -0.1) is 5.10 Å². The Hall–Kier alpha value is -2.35. The van der Waals surface area contributed by atoms with Gasteiger partial charge in [0.2, 0.25) is 11.1 Å². The van der Waals surface area contributed by atoms with Gasteiger partial charge in [0, 0.05) is 12.2 Å². The number of tetrazole rings is 1. The Bertz CT molecular complexity index is 789. The van der Waals surface area contributed by atoms with E-state index >= 15 is 0 Å². The average Bonchev–Trinajstić information content (AvgIpc) is 3.16. The van der Waals surface area contributed by atoms with Crippen LogP contribution in [-0.2, 0) is 4.79 Å². The van der Waals surface area contributed by atoms with E-state index in [1.807, 2.05) is 36.1 Å². The second-order valence-electron chi connectivity index (χ2n) is 5.91. The molecule has 2 aromatic rings. The zero-order valence-electron chi connectivity index (χ0n) is 15.1. The van der Waals surface area contributed by atoms with Crippen molar-refractivity contribution in [1.82, 2.24) is 25.1 Å². The first-order valence-corrected chi connectivity index (χ1v) is 9.77. The molecule has 1 aliphatic carbocycles. The van der Waals surface area contributed by atoms with E-state index in [1.165, 1.54) is 18.2 Å². The number of nitrogens with zero attached hydrogens (tertiary/aromatic N) is 5. The van der Waals surface area contributed by atoms with Crippen LogP contribution in [0.15, 0.2) is 41.2 Å². The van der Waals surface area contributed by atoms with E-state index in [0.717, 1.165) is 30.6 Å². The van der Waals surface area contributed by atoms with Gasteiger partial charge in [-0.05, 0) is 55.2 Å². The van der Waals surface area contributed by atoms with Crippen molar-refractivity contribution in [3.05, 3.63) is 36.0 Å². The molecule has 8 heteroatoms. The molecule has 0 radical (unpaired) electrons. The molecule has 3 rings (SSSR count). The summed E-state index contributed by atoms with van der Waals surface area (Å²) in [5.74, 6) is 1.05. The first-order valence-electron chi connectivity index (χ1n) is 8.78. The molecule has 0 aliphatic heterocycles. The highest BCUT2D eigenvalue weighted by molar-refractivity contribution is 7.99. The van der Waals surface area contributed by atoms with Crippen LogP contribution in [0, 0.1) is 0 Å². The molecule has 0 saturated carbocycles. The minimum atomic E-state index is 0.0835. The summed E-state index contributed by atoms with van der Waals surface area (Å²) >= 11 is 1.34. The largest absolute Gasteiger partial charge is 0.494 e. The summed E-state index contributed by atoms with van der Waals surface area (Å²) in [4.78, 5) is 14.6. The number of carbonyl (C=O) groups excluding carboxylic acids is 1. The molecule has 1 amide bonds. The third kappa shape index (κ3) is 4.07. The summed E-state index contributed by atoms with van der Waals surface area (Å²) in [6.45, 7) is 2.69. The average molecular weight is 373 g/mol. The zero-order valence-corrected chi connectivity index (χ0v) is 15.9. The molecule has 1 aliphatic rings. The molecule has 1 heterocycles. The number of hydrogen-bond donors (Lipinski definition) is 0. The second-order valence-corrected chi connectivity index (χ2v) is 6.86. The molecule has 0 fully saturated rings. The summed E-state index contributed by atoms with van der Waals surface area (Å²) in [5, 5.41) is 12.4. The van der Waals surface area contributed by atoms with Crippen molar-refractivity contribution in [3.63, 3.8) is 0 Å². The fraction of sp³-hybridized carbons (Fsp3) is 0.444. The van der Waals surface area contributed by atoms with Gasteiger partial charge in [-0.3, -0.25) is 4.79 Å². The summed E-state index contributed by atoms with van der Waals surface area (Å²) < 4.78 is 6.98. The number of allylic oxidation sites excluding steroid dienone is 2. The third-order valence-electron chi connectivity index (χ3n) is 4.31. The minimum absolute atomic E-state index is 0.0835. The molecule has 0 N–H and O–H groups in total. The summed E-state index contributed by atoms with van der Waals surface area (Å²) in [6, 6.07) is 7.52. The number of ether oxygens (including phenoxy) is 1. The fourth-order valence-electron chi connectivity index (χ4n) is 3.04. The Kier molecular flexibility index (Phi) is 6.27. The molecule has 0 bridgehead atoms. The van der Waals surface area contributed by atoms with Gasteiger partial charge in [-0.1, -0.05) is 30.0 Å². The van der Waals surface area contributed by atoms with E-state index in [0.29, 0.717) is 23.2 Å². The molecule has 0 spiro atoms. The predicted molar refractivity (Wildman–Crippen MR) is 100 cm³/mol. The van der Waals surface area contributed by atoms with Crippen LogP contribution in [0.1, 0.15) is 32.6 Å². The number of benzene rings is 1. The van der Waals surface area contributed by atoms with Gasteiger partial charge >= 0.3 is 0 Å². The van der Waals surface area contributed by atoms with Crippen molar-refractivity contribution in [2.75, 3.05) is 19.4 Å². The van der Waals surface area contributed by atoms with Crippen LogP contribution in [0.25, 0.3) is 5.69 Å². The van der Waals surface area contributed by atoms with Crippen LogP contribution in [0.5, 0.6) is 5.75 Å². The van der Waals surface area contributed by atoms with Gasteiger partial charge < -0.3 is 9.64 Å². The second kappa shape index (κ2) is 8.84. The molecule has 0 saturated heterocycles. The van der Waals surface area contributed by atoms with Crippen molar-refractivity contribution >= 4 is 17.7 Å². The highest BCUT2D eigenvalue weighted by Gasteiger charge is 2.20. The number of thioether (sulfide) groups is 1. The molecule has 1 aromatic carbocycles. The lowest BCUT2D eigenvalue weighted by Crippen LogP contribution is -2.32. The Labute approximate surface area is 157 Å². The Morgan fingerprint density at radius 1 is 1.35 bits per heavy atom. The van der Waals surface area contributed by atoms with Gasteiger partial charge in [0.15, 0.2) is 0 Å². The van der Waals surface area contributed by atoms with Gasteiger partial charge in [-0.2, -0.15) is 4.68 Å². The van der Waals surface area contributed by atoms with Crippen molar-refractivity contribution in [2.24, 2.45) is 0 Å². The maximum absolute atomic E-state index is 12.7. The van der Waals surface area contributed by atoms with E-state index in [1.54, 1.807) is 11.8 Å². The number of carbonyl (C=O) groups is 1. The number of hydrogen-bond acceptors (Lipinski definition) is 6. The molecular formula is C18H23N5O2S. The summed E-state index contributed by atoms with van der Waals surface area (Å²) in [5.41, 5.74) is 1.89. The normalized spacial score (nSPS) is 14.0. The van der Waals surface area contributed by atoms with Crippen molar-refractivity contribution in [3.8, 4) is 11.4 Å². The number of aromatic nitrogens is 4. The Morgan fingerprint density at radius 2 is 2.19 bits per heavy atom. The lowest BCUT2D eigenvalue weighted by molar-refractivity contribution is -0.126. The van der Waals surface area contributed by atoms with E-state index < -0.39 is 0 Å². The van der Waals surface area contributed by atoms with E-state index in [-0.39, 0.29) is 5.91 Å². The lowest BCUT2D eigenvalue weighted by Gasteiger charge is -2.26. The van der Waals surface area contributed by atoms with Crippen LogP contribution in [0.4, 0.5) is 0 Å². The maximum Gasteiger partial charge on any atom is 0.237 e. The van der Waals surface area contributed by atoms with Crippen molar-refractivity contribution in [2.45, 2.75) is 37.8 Å². The first-order chi connectivity index (χ1) is 12.7. The third-order valence-corrected chi connectivity index (χ3v) is 5.21. The number of methoxy groups -OCH3 is 1. The lowest BCUT2D eigenvalue weighted by atomic mass is 10.0. The molecule has 7 nitrogen and oxygen atoms in total. The van der Waals surface area contributed by atoms with Crippen LogP contribution < -0.4 is 4.74 Å². The van der Waals surface area contributed by atoms with Gasteiger partial charge in [0.05, 0.1) is 12.9 Å². The SMILES string of the molecule is CCN(C(=O)CSc1nnnn1-c1ccccc1OC)C1=CCCCC1. The molecule has 0 atom stereocenters. The molecule has 26 heavy (non-hydrogen) atoms. The van der Waals surface area contributed by atoms with Crippen LogP contribution >= 0.6 is 11.8 Å². The molecule has 1 aromatic heterocycles. The zero-order chi connectivity index (χ0) is 18.4. The Morgan fingerprint density at radius 3 is 2.92 bits per heavy atom. The highest BCUT2D eigenvalue weighted by atomic mass is 32.2.